The second kappa shape index (κ2) is 9.89. The van der Waals surface area contributed by atoms with Crippen molar-refractivity contribution in [1.82, 2.24) is 0 Å². The van der Waals surface area contributed by atoms with Gasteiger partial charge in [-0.3, -0.25) is 4.79 Å². The average molecular weight is 410 g/mol. The predicted octanol–water partition coefficient (Wildman–Crippen LogP) is 5.46. The Morgan fingerprint density at radius 3 is 2.52 bits per heavy atom. The van der Waals surface area contributed by atoms with Crippen molar-refractivity contribution in [3.8, 4) is 11.5 Å². The maximum atomic E-state index is 12.6. The molecule has 0 aliphatic heterocycles. The maximum absolute atomic E-state index is 12.6. The zero-order valence-corrected chi connectivity index (χ0v) is 17.3. The van der Waals surface area contributed by atoms with Gasteiger partial charge in [-0.2, -0.15) is 0 Å². The Morgan fingerprint density at radius 2 is 1.79 bits per heavy atom. The minimum Gasteiger partial charge on any atom is -0.465 e. The van der Waals surface area contributed by atoms with Crippen molar-refractivity contribution < 1.29 is 19.1 Å². The monoisotopic (exact) mass is 409 g/mol. The molecule has 0 spiro atoms. The molecule has 0 bridgehead atoms. The molecule has 0 aliphatic carbocycles. The average Bonchev–Trinajstić information content (AvgIpc) is 3.10. The number of esters is 1. The van der Waals surface area contributed by atoms with Crippen molar-refractivity contribution in [3.63, 3.8) is 0 Å². The summed E-state index contributed by atoms with van der Waals surface area (Å²) in [5.74, 6) is 0.775. The van der Waals surface area contributed by atoms with E-state index in [1.54, 1.807) is 0 Å². The van der Waals surface area contributed by atoms with Crippen LogP contribution >= 0.6 is 11.3 Å². The highest BCUT2D eigenvalue weighted by molar-refractivity contribution is 7.15. The molecular weight excluding hydrogens is 386 g/mol. The van der Waals surface area contributed by atoms with Gasteiger partial charge in [0.2, 0.25) is 5.91 Å². The SMILES string of the molecule is CCCc1csc(NC(=O)Cc2cccc(Oc3ccccc3)c2)c1C(=O)OC. The van der Waals surface area contributed by atoms with Gasteiger partial charge in [-0.1, -0.05) is 43.7 Å². The van der Waals surface area contributed by atoms with Crippen LogP contribution in [-0.4, -0.2) is 19.0 Å². The summed E-state index contributed by atoms with van der Waals surface area (Å²) < 4.78 is 10.7. The first kappa shape index (κ1) is 20.6. The topological polar surface area (TPSA) is 64.6 Å². The fraction of sp³-hybridized carbons (Fsp3) is 0.217. The van der Waals surface area contributed by atoms with Crippen LogP contribution in [0.3, 0.4) is 0 Å². The third-order valence-corrected chi connectivity index (χ3v) is 5.22. The molecule has 0 atom stereocenters. The van der Waals surface area contributed by atoms with Crippen LogP contribution < -0.4 is 10.1 Å². The van der Waals surface area contributed by atoms with Crippen LogP contribution in [-0.2, 0) is 22.4 Å². The molecule has 5 nitrogen and oxygen atoms in total. The molecule has 0 unspecified atom stereocenters. The molecule has 1 amide bonds. The molecule has 150 valence electrons. The maximum Gasteiger partial charge on any atom is 0.341 e. The molecule has 1 N–H and O–H groups in total. The van der Waals surface area contributed by atoms with E-state index in [0.717, 1.165) is 29.7 Å². The van der Waals surface area contributed by atoms with E-state index in [0.29, 0.717) is 16.3 Å². The summed E-state index contributed by atoms with van der Waals surface area (Å²) in [4.78, 5) is 24.8. The normalized spacial score (nSPS) is 10.4. The fourth-order valence-electron chi connectivity index (χ4n) is 2.96. The lowest BCUT2D eigenvalue weighted by atomic mass is 10.1. The van der Waals surface area contributed by atoms with Crippen molar-refractivity contribution in [3.05, 3.63) is 76.7 Å². The third-order valence-electron chi connectivity index (χ3n) is 4.27. The first-order valence-corrected chi connectivity index (χ1v) is 10.3. The number of nitrogens with one attached hydrogen (secondary N) is 1. The van der Waals surface area contributed by atoms with E-state index in [1.165, 1.54) is 18.4 Å². The van der Waals surface area contributed by atoms with Crippen molar-refractivity contribution in [2.24, 2.45) is 0 Å². The number of rotatable bonds is 8. The van der Waals surface area contributed by atoms with Crippen LogP contribution in [0, 0.1) is 0 Å². The second-order valence-corrected chi connectivity index (χ2v) is 7.37. The van der Waals surface area contributed by atoms with Gasteiger partial charge in [0.15, 0.2) is 0 Å². The van der Waals surface area contributed by atoms with Crippen molar-refractivity contribution in [2.75, 3.05) is 12.4 Å². The lowest BCUT2D eigenvalue weighted by molar-refractivity contribution is -0.115. The summed E-state index contributed by atoms with van der Waals surface area (Å²) in [6.07, 6.45) is 1.84. The number of hydrogen-bond donors (Lipinski definition) is 1. The standard InChI is InChI=1S/C23H23NO4S/c1-3-8-17-15-29-22(21(17)23(26)27-2)24-20(25)14-16-9-7-12-19(13-16)28-18-10-5-4-6-11-18/h4-7,9-13,15H,3,8,14H2,1-2H3,(H,24,25). The number of aryl methyl sites for hydroxylation is 1. The molecule has 3 rings (SSSR count). The van der Waals surface area contributed by atoms with Gasteiger partial charge in [0.25, 0.3) is 0 Å². The molecule has 29 heavy (non-hydrogen) atoms. The summed E-state index contributed by atoms with van der Waals surface area (Å²) >= 11 is 1.35. The van der Waals surface area contributed by atoms with Crippen LogP contribution in [0.5, 0.6) is 11.5 Å². The van der Waals surface area contributed by atoms with Crippen molar-refractivity contribution in [2.45, 2.75) is 26.2 Å². The largest absolute Gasteiger partial charge is 0.465 e. The molecule has 6 heteroatoms. The van der Waals surface area contributed by atoms with Gasteiger partial charge in [-0.25, -0.2) is 4.79 Å². The highest BCUT2D eigenvalue weighted by atomic mass is 32.1. The van der Waals surface area contributed by atoms with Gasteiger partial charge in [-0.15, -0.1) is 11.3 Å². The first-order valence-electron chi connectivity index (χ1n) is 9.41. The van der Waals surface area contributed by atoms with E-state index in [-0.39, 0.29) is 12.3 Å². The van der Waals surface area contributed by atoms with E-state index >= 15 is 0 Å². The number of hydrogen-bond acceptors (Lipinski definition) is 5. The summed E-state index contributed by atoms with van der Waals surface area (Å²) in [6, 6.07) is 16.9. The molecule has 2 aromatic carbocycles. The Kier molecular flexibility index (Phi) is 7.03. The highest BCUT2D eigenvalue weighted by Crippen LogP contribution is 2.30. The van der Waals surface area contributed by atoms with Gasteiger partial charge in [0, 0.05) is 0 Å². The van der Waals surface area contributed by atoms with Crippen molar-refractivity contribution in [1.29, 1.82) is 0 Å². The van der Waals surface area contributed by atoms with Crippen LogP contribution in [0.4, 0.5) is 5.00 Å². The molecule has 1 aromatic heterocycles. The summed E-state index contributed by atoms with van der Waals surface area (Å²) in [5.41, 5.74) is 2.17. The molecular formula is C23H23NO4S. The van der Waals surface area contributed by atoms with Gasteiger partial charge >= 0.3 is 5.97 Å². The number of benzene rings is 2. The predicted molar refractivity (Wildman–Crippen MR) is 115 cm³/mol. The molecule has 3 aromatic rings. The summed E-state index contributed by atoms with van der Waals surface area (Å²) in [6.45, 7) is 2.04. The first-order chi connectivity index (χ1) is 14.1. The van der Waals surface area contributed by atoms with E-state index in [9.17, 15) is 9.59 Å². The molecule has 1 heterocycles. The van der Waals surface area contributed by atoms with Crippen LogP contribution in [0.2, 0.25) is 0 Å². The Balaban J connectivity index is 1.70. The highest BCUT2D eigenvalue weighted by Gasteiger charge is 2.20. The zero-order valence-electron chi connectivity index (χ0n) is 16.4. The second-order valence-electron chi connectivity index (χ2n) is 6.49. The molecule has 0 radical (unpaired) electrons. The van der Waals surface area contributed by atoms with E-state index in [1.807, 2.05) is 66.9 Å². The van der Waals surface area contributed by atoms with Crippen LogP contribution in [0.1, 0.15) is 34.8 Å². The van der Waals surface area contributed by atoms with E-state index in [2.05, 4.69) is 5.32 Å². The van der Waals surface area contributed by atoms with Gasteiger partial charge in [0.1, 0.15) is 16.5 Å². The number of anilines is 1. The smallest absolute Gasteiger partial charge is 0.341 e. The number of amides is 1. The fourth-order valence-corrected chi connectivity index (χ4v) is 3.97. The van der Waals surface area contributed by atoms with Gasteiger partial charge in [0.05, 0.1) is 19.1 Å². The zero-order chi connectivity index (χ0) is 20.6. The van der Waals surface area contributed by atoms with E-state index in [4.69, 9.17) is 9.47 Å². The number of thiophene rings is 1. The van der Waals surface area contributed by atoms with Gasteiger partial charge in [-0.05, 0) is 47.2 Å². The Hall–Kier alpha value is -3.12. The van der Waals surface area contributed by atoms with Gasteiger partial charge < -0.3 is 14.8 Å². The van der Waals surface area contributed by atoms with Crippen LogP contribution in [0.15, 0.2) is 60.0 Å². The Morgan fingerprint density at radius 1 is 1.03 bits per heavy atom. The molecule has 0 saturated heterocycles. The van der Waals surface area contributed by atoms with Crippen LogP contribution in [0.25, 0.3) is 0 Å². The molecule has 0 aliphatic rings. The lowest BCUT2D eigenvalue weighted by Gasteiger charge is -2.09. The molecule has 0 saturated carbocycles. The third kappa shape index (κ3) is 5.45. The Labute approximate surface area is 174 Å². The number of methoxy groups -OCH3 is 1. The van der Waals surface area contributed by atoms with Crippen molar-refractivity contribution >= 4 is 28.2 Å². The minimum absolute atomic E-state index is 0.174. The molecule has 0 fully saturated rings. The summed E-state index contributed by atoms with van der Waals surface area (Å²) in [5, 5.41) is 5.29. The lowest BCUT2D eigenvalue weighted by Crippen LogP contribution is -2.16. The Bertz CT molecular complexity index is 982. The summed E-state index contributed by atoms with van der Waals surface area (Å²) in [7, 11) is 1.35. The number of carbonyl (C=O) groups excluding carboxylic acids is 2. The quantitative estimate of drug-likeness (QED) is 0.502. The van der Waals surface area contributed by atoms with E-state index < -0.39 is 5.97 Å². The minimum atomic E-state index is -0.428. The number of ether oxygens (including phenoxy) is 2. The number of carbonyl (C=O) groups is 2. The number of para-hydroxylation sites is 1.